The summed E-state index contributed by atoms with van der Waals surface area (Å²) in [6.07, 6.45) is 2.33. The first-order valence-electron chi connectivity index (χ1n) is 7.82. The van der Waals surface area contributed by atoms with Crippen molar-refractivity contribution in [2.45, 2.75) is 32.5 Å². The quantitative estimate of drug-likeness (QED) is 0.555. The Kier molecular flexibility index (Phi) is 6.51. The van der Waals surface area contributed by atoms with Gasteiger partial charge in [0, 0.05) is 10.0 Å². The third kappa shape index (κ3) is 6.81. The number of rotatable bonds is 4. The van der Waals surface area contributed by atoms with E-state index in [4.69, 9.17) is 32.7 Å². The van der Waals surface area contributed by atoms with Crippen molar-refractivity contribution in [3.63, 3.8) is 0 Å². The van der Waals surface area contributed by atoms with Crippen molar-refractivity contribution < 1.29 is 14.3 Å². The van der Waals surface area contributed by atoms with E-state index >= 15 is 0 Å². The zero-order valence-electron chi connectivity index (χ0n) is 14.3. The molecule has 2 aromatic carbocycles. The zero-order chi connectivity index (χ0) is 18.4. The van der Waals surface area contributed by atoms with Crippen molar-refractivity contribution in [3.05, 3.63) is 75.8 Å². The Morgan fingerprint density at radius 3 is 2.00 bits per heavy atom. The Hall–Kier alpha value is -1.97. The van der Waals surface area contributed by atoms with Gasteiger partial charge in [-0.15, -0.1) is 0 Å². The van der Waals surface area contributed by atoms with Gasteiger partial charge >= 0.3 is 6.16 Å². The summed E-state index contributed by atoms with van der Waals surface area (Å²) < 4.78 is 10.7. The number of halogens is 2. The summed E-state index contributed by atoms with van der Waals surface area (Å²) in [4.78, 5) is 12.0. The normalized spacial score (nSPS) is 12.8. The standard InChI is InChI=1S/C20H20Cl2O3/c1-20(2,3)25-19(23)24-18(15-7-11-17(22)12-8-15)13-6-14-4-9-16(21)10-5-14/h4-13,18H,1-3H3/b13-6+. The van der Waals surface area contributed by atoms with E-state index in [0.29, 0.717) is 10.0 Å². The van der Waals surface area contributed by atoms with Crippen LogP contribution in [-0.2, 0) is 9.47 Å². The topological polar surface area (TPSA) is 35.5 Å². The van der Waals surface area contributed by atoms with Gasteiger partial charge in [-0.05, 0) is 62.2 Å². The molecule has 2 aromatic rings. The highest BCUT2D eigenvalue weighted by molar-refractivity contribution is 6.30. The molecular formula is C20H20Cl2O3. The maximum absolute atomic E-state index is 12.0. The van der Waals surface area contributed by atoms with Gasteiger partial charge in [0.05, 0.1) is 0 Å². The van der Waals surface area contributed by atoms with Crippen molar-refractivity contribution in [2.24, 2.45) is 0 Å². The molecule has 0 saturated carbocycles. The van der Waals surface area contributed by atoms with E-state index in [1.807, 2.05) is 30.3 Å². The van der Waals surface area contributed by atoms with Gasteiger partial charge < -0.3 is 9.47 Å². The maximum atomic E-state index is 12.0. The molecule has 0 aliphatic heterocycles. The van der Waals surface area contributed by atoms with E-state index in [1.54, 1.807) is 51.1 Å². The molecule has 132 valence electrons. The van der Waals surface area contributed by atoms with Crippen molar-refractivity contribution in [3.8, 4) is 0 Å². The molecule has 0 aliphatic rings. The Morgan fingerprint density at radius 2 is 1.48 bits per heavy atom. The SMILES string of the molecule is CC(C)(C)OC(=O)OC(/C=C/c1ccc(Cl)cc1)c1ccc(Cl)cc1. The van der Waals surface area contributed by atoms with Crippen LogP contribution in [0, 0.1) is 0 Å². The second kappa shape index (κ2) is 8.41. The van der Waals surface area contributed by atoms with E-state index in [0.717, 1.165) is 11.1 Å². The number of carbonyl (C=O) groups excluding carboxylic acids is 1. The second-order valence-electron chi connectivity index (χ2n) is 6.47. The van der Waals surface area contributed by atoms with Crippen molar-refractivity contribution in [1.29, 1.82) is 0 Å². The summed E-state index contributed by atoms with van der Waals surface area (Å²) in [5.74, 6) is 0. The number of benzene rings is 2. The highest BCUT2D eigenvalue weighted by atomic mass is 35.5. The Balaban J connectivity index is 2.20. The molecule has 0 aliphatic carbocycles. The molecule has 2 rings (SSSR count). The Labute approximate surface area is 158 Å². The molecule has 0 bridgehead atoms. The van der Waals surface area contributed by atoms with Gasteiger partial charge in [-0.3, -0.25) is 0 Å². The van der Waals surface area contributed by atoms with Crippen LogP contribution < -0.4 is 0 Å². The van der Waals surface area contributed by atoms with Crippen LogP contribution in [0.1, 0.15) is 38.0 Å². The number of carbonyl (C=O) groups is 1. The highest BCUT2D eigenvalue weighted by Crippen LogP contribution is 2.24. The lowest BCUT2D eigenvalue weighted by Gasteiger charge is -2.21. The lowest BCUT2D eigenvalue weighted by molar-refractivity contribution is -0.0187. The van der Waals surface area contributed by atoms with E-state index in [2.05, 4.69) is 0 Å². The summed E-state index contributed by atoms with van der Waals surface area (Å²) in [5, 5.41) is 1.28. The van der Waals surface area contributed by atoms with Crippen LogP contribution in [0.5, 0.6) is 0 Å². The summed E-state index contributed by atoms with van der Waals surface area (Å²) in [6.45, 7) is 5.36. The van der Waals surface area contributed by atoms with E-state index in [1.165, 1.54) is 0 Å². The molecule has 1 unspecified atom stereocenters. The molecule has 1 atom stereocenters. The minimum absolute atomic E-state index is 0.595. The first kappa shape index (κ1) is 19.4. The molecule has 0 radical (unpaired) electrons. The predicted molar refractivity (Wildman–Crippen MR) is 102 cm³/mol. The summed E-state index contributed by atoms with van der Waals surface area (Å²) in [5.41, 5.74) is 1.11. The Morgan fingerprint density at radius 1 is 0.960 bits per heavy atom. The minimum Gasteiger partial charge on any atom is -0.429 e. The fourth-order valence-electron chi connectivity index (χ4n) is 2.02. The number of hydrogen-bond donors (Lipinski definition) is 0. The third-order valence-corrected chi connectivity index (χ3v) is 3.65. The predicted octanol–water partition coefficient (Wildman–Crippen LogP) is 6.70. The molecule has 5 heteroatoms. The molecule has 0 fully saturated rings. The van der Waals surface area contributed by atoms with Crippen LogP contribution in [0.25, 0.3) is 6.08 Å². The van der Waals surface area contributed by atoms with Gasteiger partial charge in [0.1, 0.15) is 11.7 Å². The third-order valence-electron chi connectivity index (χ3n) is 3.14. The van der Waals surface area contributed by atoms with Gasteiger partial charge in [-0.25, -0.2) is 4.79 Å². The number of hydrogen-bond acceptors (Lipinski definition) is 3. The zero-order valence-corrected chi connectivity index (χ0v) is 15.8. The molecule has 0 spiro atoms. The average Bonchev–Trinajstić information content (AvgIpc) is 2.52. The van der Waals surface area contributed by atoms with Crippen LogP contribution in [0.3, 0.4) is 0 Å². The molecule has 3 nitrogen and oxygen atoms in total. The Bertz CT molecular complexity index is 729. The van der Waals surface area contributed by atoms with Gasteiger partial charge in [0.25, 0.3) is 0 Å². The van der Waals surface area contributed by atoms with Gasteiger partial charge in [0.15, 0.2) is 0 Å². The van der Waals surface area contributed by atoms with Gasteiger partial charge in [0.2, 0.25) is 0 Å². The monoisotopic (exact) mass is 378 g/mol. The van der Waals surface area contributed by atoms with Crippen LogP contribution in [-0.4, -0.2) is 11.8 Å². The van der Waals surface area contributed by atoms with E-state index in [9.17, 15) is 4.79 Å². The average molecular weight is 379 g/mol. The lowest BCUT2D eigenvalue weighted by atomic mass is 10.1. The van der Waals surface area contributed by atoms with Crippen LogP contribution in [0.15, 0.2) is 54.6 Å². The fourth-order valence-corrected chi connectivity index (χ4v) is 2.27. The molecule has 0 N–H and O–H groups in total. The van der Waals surface area contributed by atoms with Crippen molar-refractivity contribution in [1.82, 2.24) is 0 Å². The van der Waals surface area contributed by atoms with Crippen molar-refractivity contribution >= 4 is 35.4 Å². The summed E-state index contributed by atoms with van der Waals surface area (Å²) in [7, 11) is 0. The van der Waals surface area contributed by atoms with Gasteiger partial charge in [-0.1, -0.05) is 53.5 Å². The molecule has 25 heavy (non-hydrogen) atoms. The molecular weight excluding hydrogens is 359 g/mol. The molecule has 0 aromatic heterocycles. The van der Waals surface area contributed by atoms with Crippen molar-refractivity contribution in [2.75, 3.05) is 0 Å². The van der Waals surface area contributed by atoms with E-state index in [-0.39, 0.29) is 0 Å². The van der Waals surface area contributed by atoms with Crippen LogP contribution in [0.4, 0.5) is 4.79 Å². The fraction of sp³-hybridized carbons (Fsp3) is 0.250. The minimum atomic E-state index is -0.729. The van der Waals surface area contributed by atoms with E-state index < -0.39 is 17.9 Å². The summed E-state index contributed by atoms with van der Waals surface area (Å²) >= 11 is 11.8. The van der Waals surface area contributed by atoms with Crippen LogP contribution >= 0.6 is 23.2 Å². The first-order valence-corrected chi connectivity index (χ1v) is 8.57. The van der Waals surface area contributed by atoms with Crippen LogP contribution in [0.2, 0.25) is 10.0 Å². The second-order valence-corrected chi connectivity index (χ2v) is 7.34. The highest BCUT2D eigenvalue weighted by Gasteiger charge is 2.21. The maximum Gasteiger partial charge on any atom is 0.509 e. The number of ether oxygens (including phenoxy) is 2. The van der Waals surface area contributed by atoms with Gasteiger partial charge in [-0.2, -0.15) is 0 Å². The largest absolute Gasteiger partial charge is 0.509 e. The first-order chi connectivity index (χ1) is 11.7. The summed E-state index contributed by atoms with van der Waals surface area (Å²) in [6, 6.07) is 14.5. The molecule has 0 heterocycles. The smallest absolute Gasteiger partial charge is 0.429 e. The lowest BCUT2D eigenvalue weighted by Crippen LogP contribution is -2.25. The molecule has 0 amide bonds. The molecule has 0 saturated heterocycles.